The molecule has 4 aliphatic rings. The Kier molecular flexibility index (Phi) is 4.12. The smallest absolute Gasteiger partial charge is 0.254 e. The van der Waals surface area contributed by atoms with Gasteiger partial charge in [0, 0.05) is 48.8 Å². The lowest BCUT2D eigenvalue weighted by atomic mass is 9.68. The topological polar surface area (TPSA) is 28.5 Å². The van der Waals surface area contributed by atoms with Crippen LogP contribution in [0.5, 0.6) is 0 Å². The number of hydrogen-bond acceptors (Lipinski definition) is 2. The summed E-state index contributed by atoms with van der Waals surface area (Å²) in [5.74, 6) is 1.56. The van der Waals surface area contributed by atoms with E-state index in [0.717, 1.165) is 35.9 Å². The Labute approximate surface area is 173 Å². The second kappa shape index (κ2) is 6.73. The minimum absolute atomic E-state index is 0.227. The number of nitrogens with zero attached hydrogens (tertiary/aromatic N) is 3. The van der Waals surface area contributed by atoms with Gasteiger partial charge in [-0.25, -0.2) is 0 Å². The van der Waals surface area contributed by atoms with Crippen molar-refractivity contribution in [3.05, 3.63) is 47.7 Å². The molecule has 3 fully saturated rings. The molecule has 152 valence electrons. The van der Waals surface area contributed by atoms with Gasteiger partial charge in [-0.15, -0.1) is 0 Å². The summed E-state index contributed by atoms with van der Waals surface area (Å²) >= 11 is 0. The maximum absolute atomic E-state index is 13.6. The highest BCUT2D eigenvalue weighted by molar-refractivity contribution is 5.98. The maximum Gasteiger partial charge on any atom is 0.254 e. The molecule has 4 heteroatoms. The first-order valence-corrected chi connectivity index (χ1v) is 11.5. The summed E-state index contributed by atoms with van der Waals surface area (Å²) in [5, 5.41) is 1.16. The van der Waals surface area contributed by atoms with E-state index in [4.69, 9.17) is 0 Å². The van der Waals surface area contributed by atoms with Crippen LogP contribution in [0.1, 0.15) is 48.9 Å². The minimum Gasteiger partial charge on any atom is -0.351 e. The Morgan fingerprint density at radius 2 is 2.03 bits per heavy atom. The molecule has 6 rings (SSSR count). The van der Waals surface area contributed by atoms with E-state index in [1.807, 2.05) is 6.07 Å². The lowest BCUT2D eigenvalue weighted by molar-refractivity contribution is 0.00148. The van der Waals surface area contributed by atoms with Crippen molar-refractivity contribution in [2.75, 3.05) is 19.6 Å². The molecule has 3 saturated heterocycles. The molecule has 1 aromatic heterocycles. The molecule has 2 bridgehead atoms. The summed E-state index contributed by atoms with van der Waals surface area (Å²) in [4.78, 5) is 18.6. The Bertz CT molecular complexity index is 989. The fourth-order valence-corrected chi connectivity index (χ4v) is 6.78. The van der Waals surface area contributed by atoms with Crippen LogP contribution in [0.4, 0.5) is 0 Å². The van der Waals surface area contributed by atoms with E-state index in [2.05, 4.69) is 51.9 Å². The van der Waals surface area contributed by atoms with Gasteiger partial charge in [-0.1, -0.05) is 18.1 Å². The first-order chi connectivity index (χ1) is 14.2. The number of piperidine rings is 3. The first-order valence-electron chi connectivity index (χ1n) is 11.5. The van der Waals surface area contributed by atoms with E-state index in [1.54, 1.807) is 5.57 Å². The fourth-order valence-electron chi connectivity index (χ4n) is 6.78. The summed E-state index contributed by atoms with van der Waals surface area (Å²) in [7, 11) is 2.06. The van der Waals surface area contributed by atoms with E-state index in [9.17, 15) is 4.79 Å². The number of rotatable bonds is 1. The Morgan fingerprint density at radius 3 is 2.97 bits per heavy atom. The van der Waals surface area contributed by atoms with Gasteiger partial charge in [-0.05, 0) is 74.8 Å². The van der Waals surface area contributed by atoms with Crippen molar-refractivity contribution in [2.24, 2.45) is 18.9 Å². The molecule has 0 radical (unpaired) electrons. The van der Waals surface area contributed by atoms with E-state index >= 15 is 0 Å². The third-order valence-electron chi connectivity index (χ3n) is 8.05. The third kappa shape index (κ3) is 2.79. The van der Waals surface area contributed by atoms with E-state index in [-0.39, 0.29) is 5.91 Å². The van der Waals surface area contributed by atoms with Crippen LogP contribution in [0, 0.1) is 11.8 Å². The second-order valence-electron chi connectivity index (χ2n) is 9.71. The normalized spacial score (nSPS) is 31.9. The molecule has 1 aromatic carbocycles. The summed E-state index contributed by atoms with van der Waals surface area (Å²) in [6.07, 6.45) is 12.3. The van der Waals surface area contributed by atoms with Crippen molar-refractivity contribution in [1.29, 1.82) is 0 Å². The Hall–Kier alpha value is -2.07. The quantitative estimate of drug-likeness (QED) is 0.684. The lowest BCUT2D eigenvalue weighted by Gasteiger charge is -2.54. The van der Waals surface area contributed by atoms with Crippen LogP contribution < -0.4 is 0 Å². The molecule has 0 unspecified atom stereocenters. The van der Waals surface area contributed by atoms with Gasteiger partial charge in [0.15, 0.2) is 0 Å². The van der Waals surface area contributed by atoms with E-state index < -0.39 is 0 Å². The number of aromatic nitrogens is 1. The number of hydrogen-bond donors (Lipinski definition) is 0. The lowest BCUT2D eigenvalue weighted by Crippen LogP contribution is -2.60. The molecule has 4 atom stereocenters. The molecule has 1 aliphatic carbocycles. The largest absolute Gasteiger partial charge is 0.351 e. The molecule has 4 heterocycles. The Morgan fingerprint density at radius 1 is 1.10 bits per heavy atom. The van der Waals surface area contributed by atoms with Crippen LogP contribution in [-0.4, -0.2) is 52.0 Å². The third-order valence-corrected chi connectivity index (χ3v) is 8.05. The predicted molar refractivity (Wildman–Crippen MR) is 116 cm³/mol. The molecular formula is C25H31N3O. The molecule has 2 aromatic rings. The number of benzene rings is 1. The van der Waals surface area contributed by atoms with Crippen molar-refractivity contribution in [1.82, 2.24) is 14.4 Å². The monoisotopic (exact) mass is 389 g/mol. The van der Waals surface area contributed by atoms with E-state index in [0.29, 0.717) is 12.0 Å². The van der Waals surface area contributed by atoms with Crippen molar-refractivity contribution in [3.8, 4) is 0 Å². The SMILES string of the molecule is Cn1ccc2cc(C(=O)N3CCCC4=C[C@@H]5C[C@@H](CN6CCCC[C@H]56)[C@@H]43)ccc21. The molecular weight excluding hydrogens is 358 g/mol. The molecule has 0 saturated carbocycles. The van der Waals surface area contributed by atoms with Crippen molar-refractivity contribution < 1.29 is 4.79 Å². The number of aryl methyl sites for hydroxylation is 1. The van der Waals surface area contributed by atoms with Crippen LogP contribution >= 0.6 is 0 Å². The van der Waals surface area contributed by atoms with Crippen molar-refractivity contribution in [3.63, 3.8) is 0 Å². The summed E-state index contributed by atoms with van der Waals surface area (Å²) in [6.45, 7) is 3.34. The van der Waals surface area contributed by atoms with Gasteiger partial charge in [0.2, 0.25) is 0 Å². The average molecular weight is 390 g/mol. The summed E-state index contributed by atoms with van der Waals surface area (Å²) in [5.41, 5.74) is 3.60. The number of amides is 1. The van der Waals surface area contributed by atoms with Crippen molar-refractivity contribution >= 4 is 16.8 Å². The van der Waals surface area contributed by atoms with Crippen LogP contribution in [0.2, 0.25) is 0 Å². The van der Waals surface area contributed by atoms with Crippen molar-refractivity contribution in [2.45, 2.75) is 50.6 Å². The molecule has 4 nitrogen and oxygen atoms in total. The highest BCUT2D eigenvalue weighted by atomic mass is 16.2. The second-order valence-corrected chi connectivity index (χ2v) is 9.71. The van der Waals surface area contributed by atoms with Gasteiger partial charge >= 0.3 is 0 Å². The number of likely N-dealkylation sites (tertiary alicyclic amines) is 1. The van der Waals surface area contributed by atoms with Crippen LogP contribution in [0.25, 0.3) is 10.9 Å². The van der Waals surface area contributed by atoms with Gasteiger partial charge < -0.3 is 9.47 Å². The maximum atomic E-state index is 13.6. The zero-order valence-electron chi connectivity index (χ0n) is 17.4. The van der Waals surface area contributed by atoms with Gasteiger partial charge in [0.1, 0.15) is 0 Å². The molecule has 3 aliphatic heterocycles. The minimum atomic E-state index is 0.227. The van der Waals surface area contributed by atoms with Crippen LogP contribution in [0.15, 0.2) is 42.1 Å². The van der Waals surface area contributed by atoms with Crippen LogP contribution in [-0.2, 0) is 7.05 Å². The number of carbonyl (C=O) groups excluding carboxylic acids is 1. The van der Waals surface area contributed by atoms with Gasteiger partial charge in [0.05, 0.1) is 6.04 Å². The summed E-state index contributed by atoms with van der Waals surface area (Å²) < 4.78 is 2.11. The molecule has 29 heavy (non-hydrogen) atoms. The average Bonchev–Trinajstić information content (AvgIpc) is 3.13. The number of fused-ring (bicyclic) bond motifs is 7. The zero-order valence-corrected chi connectivity index (χ0v) is 17.4. The fraction of sp³-hybridized carbons (Fsp3) is 0.560. The molecule has 0 spiro atoms. The van der Waals surface area contributed by atoms with Crippen LogP contribution in [0.3, 0.4) is 0 Å². The van der Waals surface area contributed by atoms with E-state index in [1.165, 1.54) is 50.7 Å². The Balaban J connectivity index is 1.33. The van der Waals surface area contributed by atoms with Gasteiger partial charge in [-0.2, -0.15) is 0 Å². The predicted octanol–water partition coefficient (Wildman–Crippen LogP) is 4.21. The molecule has 0 N–H and O–H groups in total. The standard InChI is InChI=1S/C25H31N3O/c1-26-12-9-17-13-19(7-8-22(17)26)25(29)28-11-4-5-18-14-20-15-21(24(18)28)16-27-10-3-2-6-23(20)27/h7-9,12-14,20-21,23-24H,2-6,10-11,15-16H2,1H3/t20-,21+,23-,24-/m1/s1. The zero-order chi connectivity index (χ0) is 19.5. The summed E-state index contributed by atoms with van der Waals surface area (Å²) in [6, 6.07) is 9.40. The first kappa shape index (κ1) is 17.8. The highest BCUT2D eigenvalue weighted by Crippen LogP contribution is 2.45. The van der Waals surface area contributed by atoms with Gasteiger partial charge in [-0.3, -0.25) is 9.69 Å². The molecule has 1 amide bonds. The highest BCUT2D eigenvalue weighted by Gasteiger charge is 2.46. The van der Waals surface area contributed by atoms with Gasteiger partial charge in [0.25, 0.3) is 5.91 Å². The number of carbonyl (C=O) groups is 1.